The van der Waals surface area contributed by atoms with Crippen LogP contribution in [0.4, 0.5) is 0 Å². The van der Waals surface area contributed by atoms with Gasteiger partial charge in [-0.05, 0) is 74.5 Å². The molecule has 2 aromatic rings. The second-order valence-electron chi connectivity index (χ2n) is 11.9. The minimum Gasteiger partial charge on any atom is -0.492 e. The van der Waals surface area contributed by atoms with Gasteiger partial charge >= 0.3 is 0 Å². The molecule has 0 spiro atoms. The molecule has 44 heavy (non-hydrogen) atoms. The molecule has 0 saturated carbocycles. The Kier molecular flexibility index (Phi) is 8.55. The number of rotatable bonds is 7. The van der Waals surface area contributed by atoms with Crippen molar-refractivity contribution in [1.82, 2.24) is 20.0 Å². The van der Waals surface area contributed by atoms with E-state index in [0.717, 1.165) is 30.5 Å². The molecule has 0 aromatic heterocycles. The Morgan fingerprint density at radius 3 is 2.64 bits per heavy atom. The van der Waals surface area contributed by atoms with Crippen molar-refractivity contribution in [2.75, 3.05) is 32.8 Å². The summed E-state index contributed by atoms with van der Waals surface area (Å²) in [6.45, 7) is 2.81. The number of hydrogen-bond acceptors (Lipinski definition) is 7. The lowest BCUT2D eigenvalue weighted by Crippen LogP contribution is -2.52. The van der Waals surface area contributed by atoms with E-state index in [-0.39, 0.29) is 36.7 Å². The smallest absolute Gasteiger partial charge is 0.255 e. The monoisotopic (exact) mass is 637 g/mol. The predicted octanol–water partition coefficient (Wildman–Crippen LogP) is 3.68. The molecule has 3 saturated heterocycles. The molecule has 10 nitrogen and oxygen atoms in total. The van der Waals surface area contributed by atoms with E-state index in [4.69, 9.17) is 27.9 Å². The fourth-order valence-corrected chi connectivity index (χ4v) is 7.43. The number of nitrogens with zero attached hydrogens (tertiary/aromatic N) is 4. The van der Waals surface area contributed by atoms with Gasteiger partial charge in [0.05, 0.1) is 24.1 Å². The first-order chi connectivity index (χ1) is 21.2. The predicted molar refractivity (Wildman–Crippen MR) is 162 cm³/mol. The number of likely N-dealkylation sites (tertiary alicyclic amines) is 2. The number of benzene rings is 2. The third-order valence-corrected chi connectivity index (χ3v) is 9.98. The minimum atomic E-state index is -0.785. The van der Waals surface area contributed by atoms with Gasteiger partial charge in [-0.15, -0.1) is 0 Å². The first-order valence-electron chi connectivity index (χ1n) is 15.0. The summed E-state index contributed by atoms with van der Waals surface area (Å²) in [7, 11) is 0. The summed E-state index contributed by atoms with van der Waals surface area (Å²) in [6.07, 6.45) is 3.13. The summed E-state index contributed by atoms with van der Waals surface area (Å²) in [4.78, 5) is 56.3. The molecule has 3 fully saturated rings. The van der Waals surface area contributed by atoms with Crippen LogP contribution in [0.3, 0.4) is 0 Å². The molecule has 2 atom stereocenters. The van der Waals surface area contributed by atoms with E-state index in [1.165, 1.54) is 4.90 Å². The fourth-order valence-electron chi connectivity index (χ4n) is 6.96. The molecule has 0 bridgehead atoms. The maximum absolute atomic E-state index is 13.6. The van der Waals surface area contributed by atoms with Gasteiger partial charge in [0.25, 0.3) is 5.91 Å². The van der Waals surface area contributed by atoms with E-state index >= 15 is 0 Å². The SMILES string of the molecule is N#CC1(c2cc(Cl)ccc2Cl)CCN(C(=O)[C@H]2CCCN2CCOc2cccc3c2CN(C2CCC(=O)NC2=O)C3=O)CC1. The number of fused-ring (bicyclic) bond motifs is 1. The maximum atomic E-state index is 13.6. The van der Waals surface area contributed by atoms with Gasteiger partial charge in [0.15, 0.2) is 0 Å². The first-order valence-corrected chi connectivity index (χ1v) is 15.8. The van der Waals surface area contributed by atoms with E-state index in [0.29, 0.717) is 66.9 Å². The fraction of sp³-hybridized carbons (Fsp3) is 0.469. The Balaban J connectivity index is 1.05. The molecule has 4 heterocycles. The third-order valence-electron chi connectivity index (χ3n) is 9.41. The van der Waals surface area contributed by atoms with E-state index < -0.39 is 17.4 Å². The number of amides is 4. The molecule has 0 radical (unpaired) electrons. The average molecular weight is 639 g/mol. The van der Waals surface area contributed by atoms with Crippen LogP contribution >= 0.6 is 23.2 Å². The number of hydrogen-bond donors (Lipinski definition) is 1. The largest absolute Gasteiger partial charge is 0.492 e. The molecule has 6 rings (SSSR count). The van der Waals surface area contributed by atoms with Gasteiger partial charge in [-0.25, -0.2) is 0 Å². The van der Waals surface area contributed by atoms with Crippen molar-refractivity contribution < 1.29 is 23.9 Å². The quantitative estimate of drug-likeness (QED) is 0.459. The number of carbonyl (C=O) groups excluding carboxylic acids is 4. The first kappa shape index (κ1) is 30.4. The van der Waals surface area contributed by atoms with Gasteiger partial charge in [0.1, 0.15) is 18.4 Å². The molecule has 0 aliphatic carbocycles. The van der Waals surface area contributed by atoms with Crippen LogP contribution in [-0.2, 0) is 26.3 Å². The van der Waals surface area contributed by atoms with Crippen LogP contribution in [0.2, 0.25) is 10.0 Å². The Hall–Kier alpha value is -3.65. The zero-order valence-corrected chi connectivity index (χ0v) is 25.7. The van der Waals surface area contributed by atoms with E-state index in [1.807, 2.05) is 11.0 Å². The number of imide groups is 1. The molecular formula is C32H33Cl2N5O5. The van der Waals surface area contributed by atoms with Crippen molar-refractivity contribution in [3.05, 3.63) is 63.1 Å². The second kappa shape index (κ2) is 12.4. The summed E-state index contributed by atoms with van der Waals surface area (Å²) < 4.78 is 6.16. The molecule has 2 aromatic carbocycles. The number of ether oxygens (including phenoxy) is 1. The Labute approximate surface area is 265 Å². The molecular weight excluding hydrogens is 605 g/mol. The van der Waals surface area contributed by atoms with Crippen LogP contribution in [0.15, 0.2) is 36.4 Å². The highest BCUT2D eigenvalue weighted by Gasteiger charge is 2.43. The number of nitriles is 1. The van der Waals surface area contributed by atoms with Crippen molar-refractivity contribution in [3.8, 4) is 11.8 Å². The lowest BCUT2D eigenvalue weighted by molar-refractivity contribution is -0.138. The van der Waals surface area contributed by atoms with E-state index in [2.05, 4.69) is 16.3 Å². The number of carbonyl (C=O) groups is 4. The minimum absolute atomic E-state index is 0.0670. The van der Waals surface area contributed by atoms with Gasteiger partial charge in [0, 0.05) is 47.2 Å². The van der Waals surface area contributed by atoms with Crippen molar-refractivity contribution in [2.24, 2.45) is 0 Å². The Bertz CT molecular complexity index is 1550. The summed E-state index contributed by atoms with van der Waals surface area (Å²) in [5.74, 6) is -0.371. The van der Waals surface area contributed by atoms with E-state index in [1.54, 1.807) is 30.3 Å². The highest BCUT2D eigenvalue weighted by molar-refractivity contribution is 6.33. The van der Waals surface area contributed by atoms with Crippen LogP contribution < -0.4 is 10.1 Å². The van der Waals surface area contributed by atoms with Crippen molar-refractivity contribution >= 4 is 46.8 Å². The van der Waals surface area contributed by atoms with Crippen LogP contribution in [0, 0.1) is 11.3 Å². The van der Waals surface area contributed by atoms with Crippen LogP contribution in [0.1, 0.15) is 60.0 Å². The average Bonchev–Trinajstić information content (AvgIpc) is 3.63. The number of piperidine rings is 2. The summed E-state index contributed by atoms with van der Waals surface area (Å²) >= 11 is 12.7. The zero-order chi connectivity index (χ0) is 31.0. The van der Waals surface area contributed by atoms with Gasteiger partial charge in [-0.3, -0.25) is 29.4 Å². The highest BCUT2D eigenvalue weighted by Crippen LogP contribution is 2.40. The summed E-state index contributed by atoms with van der Waals surface area (Å²) in [5.41, 5.74) is 1.16. The van der Waals surface area contributed by atoms with Crippen LogP contribution in [-0.4, -0.2) is 83.2 Å². The molecule has 12 heteroatoms. The second-order valence-corrected chi connectivity index (χ2v) is 12.7. The van der Waals surface area contributed by atoms with Crippen molar-refractivity contribution in [3.63, 3.8) is 0 Å². The zero-order valence-electron chi connectivity index (χ0n) is 24.2. The van der Waals surface area contributed by atoms with Crippen molar-refractivity contribution in [1.29, 1.82) is 5.26 Å². The van der Waals surface area contributed by atoms with Crippen molar-refractivity contribution in [2.45, 2.75) is 62.6 Å². The molecule has 4 amide bonds. The van der Waals surface area contributed by atoms with E-state index in [9.17, 15) is 24.4 Å². The third kappa shape index (κ3) is 5.65. The normalized spacial score (nSPS) is 23.3. The standard InChI is InChI=1S/C32H33Cl2N5O5/c33-20-6-7-24(34)23(17-20)32(19-35)10-13-38(14-11-32)31(43)26-4-2-12-37(26)15-16-44-27-5-1-3-21-22(27)18-39(30(21)42)25-8-9-28(40)36-29(25)41/h1,3,5-7,17,25-26H,2,4,8-16,18H2,(H,36,40,41)/t25?,26-/m1/s1. The lowest BCUT2D eigenvalue weighted by atomic mass is 9.74. The maximum Gasteiger partial charge on any atom is 0.255 e. The Morgan fingerprint density at radius 1 is 1.09 bits per heavy atom. The van der Waals surface area contributed by atoms with Gasteiger partial charge in [0.2, 0.25) is 17.7 Å². The van der Waals surface area contributed by atoms with Gasteiger partial charge in [-0.2, -0.15) is 5.26 Å². The van der Waals surface area contributed by atoms with Gasteiger partial charge in [-0.1, -0.05) is 29.3 Å². The molecule has 4 aliphatic heterocycles. The molecule has 1 N–H and O–H groups in total. The van der Waals surface area contributed by atoms with Gasteiger partial charge < -0.3 is 14.5 Å². The summed E-state index contributed by atoms with van der Waals surface area (Å²) in [5, 5.41) is 13.5. The lowest BCUT2D eigenvalue weighted by Gasteiger charge is -2.40. The number of halogens is 2. The van der Waals surface area contributed by atoms with Crippen LogP contribution in [0.5, 0.6) is 5.75 Å². The molecule has 1 unspecified atom stereocenters. The molecule has 4 aliphatic rings. The Morgan fingerprint density at radius 2 is 1.89 bits per heavy atom. The summed E-state index contributed by atoms with van der Waals surface area (Å²) in [6, 6.07) is 12.0. The van der Waals surface area contributed by atoms with Crippen LogP contribution in [0.25, 0.3) is 0 Å². The highest BCUT2D eigenvalue weighted by atomic mass is 35.5. The molecule has 230 valence electrons. The number of nitrogens with one attached hydrogen (secondary N) is 1. The topological polar surface area (TPSA) is 123 Å².